The van der Waals surface area contributed by atoms with Gasteiger partial charge in [-0.1, -0.05) is 12.1 Å². The molecule has 1 aromatic heterocycles. The van der Waals surface area contributed by atoms with Gasteiger partial charge in [0.05, 0.1) is 17.8 Å². The highest BCUT2D eigenvalue weighted by molar-refractivity contribution is 7.09. The number of para-hydroxylation sites is 1. The first-order chi connectivity index (χ1) is 9.35. The van der Waals surface area contributed by atoms with Gasteiger partial charge in [0.2, 0.25) is 0 Å². The number of ether oxygens (including phenoxy) is 1. The van der Waals surface area contributed by atoms with E-state index in [0.717, 1.165) is 41.5 Å². The Morgan fingerprint density at radius 2 is 2.16 bits per heavy atom. The summed E-state index contributed by atoms with van der Waals surface area (Å²) in [7, 11) is 1.68. The molecule has 2 aromatic rings. The van der Waals surface area contributed by atoms with Crippen LogP contribution < -0.4 is 15.8 Å². The van der Waals surface area contributed by atoms with Crippen molar-refractivity contribution in [3.8, 4) is 17.0 Å². The Labute approximate surface area is 117 Å². The molecule has 0 fully saturated rings. The zero-order valence-electron chi connectivity index (χ0n) is 11.1. The van der Waals surface area contributed by atoms with Gasteiger partial charge in [0.25, 0.3) is 0 Å². The minimum absolute atomic E-state index is 0.671. The van der Waals surface area contributed by atoms with Crippen molar-refractivity contribution in [2.24, 2.45) is 5.73 Å². The van der Waals surface area contributed by atoms with Gasteiger partial charge in [-0.25, -0.2) is 4.98 Å². The lowest BCUT2D eigenvalue weighted by Crippen LogP contribution is -2.24. The molecule has 0 spiro atoms. The molecule has 19 heavy (non-hydrogen) atoms. The van der Waals surface area contributed by atoms with Crippen LogP contribution in [0.4, 0.5) is 0 Å². The van der Waals surface area contributed by atoms with E-state index in [1.807, 2.05) is 24.3 Å². The zero-order chi connectivity index (χ0) is 13.5. The van der Waals surface area contributed by atoms with E-state index in [2.05, 4.69) is 15.7 Å². The van der Waals surface area contributed by atoms with Crippen molar-refractivity contribution < 1.29 is 4.74 Å². The molecule has 2 rings (SSSR count). The molecule has 102 valence electrons. The van der Waals surface area contributed by atoms with E-state index >= 15 is 0 Å². The van der Waals surface area contributed by atoms with Crippen LogP contribution in [0.15, 0.2) is 29.6 Å². The van der Waals surface area contributed by atoms with Crippen molar-refractivity contribution in [2.75, 3.05) is 26.7 Å². The molecule has 5 heteroatoms. The summed E-state index contributed by atoms with van der Waals surface area (Å²) in [6, 6.07) is 7.95. The summed E-state index contributed by atoms with van der Waals surface area (Å²) < 4.78 is 5.36. The smallest absolute Gasteiger partial charge is 0.128 e. The highest BCUT2D eigenvalue weighted by Crippen LogP contribution is 2.30. The largest absolute Gasteiger partial charge is 0.496 e. The van der Waals surface area contributed by atoms with E-state index in [1.54, 1.807) is 18.4 Å². The SMILES string of the molecule is COc1ccccc1-c1csc(CCNCCN)n1. The van der Waals surface area contributed by atoms with Gasteiger partial charge >= 0.3 is 0 Å². The zero-order valence-corrected chi connectivity index (χ0v) is 11.9. The van der Waals surface area contributed by atoms with Crippen LogP contribution in [0.3, 0.4) is 0 Å². The minimum atomic E-state index is 0.671. The van der Waals surface area contributed by atoms with Crippen LogP contribution in [0.25, 0.3) is 11.3 Å². The molecule has 0 atom stereocenters. The molecule has 0 saturated carbocycles. The van der Waals surface area contributed by atoms with Crippen LogP contribution in [0.5, 0.6) is 5.75 Å². The van der Waals surface area contributed by atoms with E-state index in [1.165, 1.54) is 0 Å². The highest BCUT2D eigenvalue weighted by atomic mass is 32.1. The van der Waals surface area contributed by atoms with Crippen molar-refractivity contribution in [3.05, 3.63) is 34.7 Å². The van der Waals surface area contributed by atoms with Gasteiger partial charge in [-0.05, 0) is 12.1 Å². The number of thiazole rings is 1. The number of hydrogen-bond donors (Lipinski definition) is 2. The highest BCUT2D eigenvalue weighted by Gasteiger charge is 2.08. The van der Waals surface area contributed by atoms with Crippen LogP contribution in [0.2, 0.25) is 0 Å². The molecule has 0 unspecified atom stereocenters. The van der Waals surface area contributed by atoms with Gasteiger partial charge in [0, 0.05) is 37.0 Å². The third-order valence-electron chi connectivity index (χ3n) is 2.77. The molecule has 3 N–H and O–H groups in total. The molecule has 0 aliphatic rings. The number of aromatic nitrogens is 1. The minimum Gasteiger partial charge on any atom is -0.496 e. The Balaban J connectivity index is 2.04. The predicted octanol–water partition coefficient (Wildman–Crippen LogP) is 1.91. The molecule has 0 aliphatic heterocycles. The Hall–Kier alpha value is -1.43. The normalized spacial score (nSPS) is 10.6. The molecular formula is C14H19N3OS. The van der Waals surface area contributed by atoms with Crippen molar-refractivity contribution in [2.45, 2.75) is 6.42 Å². The summed E-state index contributed by atoms with van der Waals surface area (Å²) in [5, 5.41) is 6.48. The maximum atomic E-state index is 5.43. The first-order valence-electron chi connectivity index (χ1n) is 6.33. The van der Waals surface area contributed by atoms with Crippen LogP contribution in [-0.4, -0.2) is 31.7 Å². The third-order valence-corrected chi connectivity index (χ3v) is 3.68. The molecule has 1 heterocycles. The summed E-state index contributed by atoms with van der Waals surface area (Å²) in [6.07, 6.45) is 0.930. The summed E-state index contributed by atoms with van der Waals surface area (Å²) in [6.45, 7) is 2.44. The average Bonchev–Trinajstić information content (AvgIpc) is 2.92. The molecule has 1 aromatic carbocycles. The average molecular weight is 277 g/mol. The second-order valence-electron chi connectivity index (χ2n) is 4.12. The van der Waals surface area contributed by atoms with Gasteiger partial charge in [0.15, 0.2) is 0 Å². The number of benzene rings is 1. The maximum Gasteiger partial charge on any atom is 0.128 e. The number of rotatable bonds is 7. The lowest BCUT2D eigenvalue weighted by Gasteiger charge is -2.05. The molecule has 4 nitrogen and oxygen atoms in total. The summed E-state index contributed by atoms with van der Waals surface area (Å²) in [5.74, 6) is 0.862. The summed E-state index contributed by atoms with van der Waals surface area (Å²) in [4.78, 5) is 4.65. The number of methoxy groups -OCH3 is 1. The van der Waals surface area contributed by atoms with E-state index < -0.39 is 0 Å². The molecule has 0 saturated heterocycles. The van der Waals surface area contributed by atoms with Gasteiger partial charge in [-0.3, -0.25) is 0 Å². The fourth-order valence-corrected chi connectivity index (χ4v) is 2.63. The van der Waals surface area contributed by atoms with E-state index in [9.17, 15) is 0 Å². The van der Waals surface area contributed by atoms with Gasteiger partial charge in [-0.2, -0.15) is 0 Å². The third kappa shape index (κ3) is 3.76. The lowest BCUT2D eigenvalue weighted by molar-refractivity contribution is 0.416. The monoisotopic (exact) mass is 277 g/mol. The molecule has 0 radical (unpaired) electrons. The van der Waals surface area contributed by atoms with E-state index in [4.69, 9.17) is 10.5 Å². The number of nitrogens with one attached hydrogen (secondary N) is 1. The fraction of sp³-hybridized carbons (Fsp3) is 0.357. The number of nitrogens with zero attached hydrogens (tertiary/aromatic N) is 1. The second kappa shape index (κ2) is 7.23. The van der Waals surface area contributed by atoms with Gasteiger partial charge in [-0.15, -0.1) is 11.3 Å². The van der Waals surface area contributed by atoms with E-state index in [0.29, 0.717) is 6.54 Å². The van der Waals surface area contributed by atoms with Gasteiger partial charge < -0.3 is 15.8 Å². The van der Waals surface area contributed by atoms with Crippen molar-refractivity contribution in [1.29, 1.82) is 0 Å². The number of hydrogen-bond acceptors (Lipinski definition) is 5. The van der Waals surface area contributed by atoms with Crippen LogP contribution in [-0.2, 0) is 6.42 Å². The second-order valence-corrected chi connectivity index (χ2v) is 5.06. The molecule has 0 amide bonds. The molecule has 0 bridgehead atoms. The summed E-state index contributed by atoms with van der Waals surface area (Å²) >= 11 is 1.68. The van der Waals surface area contributed by atoms with Crippen LogP contribution in [0, 0.1) is 0 Å². The van der Waals surface area contributed by atoms with Crippen molar-refractivity contribution in [3.63, 3.8) is 0 Å². The number of nitrogens with two attached hydrogens (primary N) is 1. The standard InChI is InChI=1S/C14H19N3OS/c1-18-13-5-3-2-4-11(13)12-10-19-14(17-12)6-8-16-9-7-15/h2-5,10,16H,6-9,15H2,1H3. The molecular weight excluding hydrogens is 258 g/mol. The lowest BCUT2D eigenvalue weighted by atomic mass is 10.1. The van der Waals surface area contributed by atoms with E-state index in [-0.39, 0.29) is 0 Å². The topological polar surface area (TPSA) is 60.2 Å². The summed E-state index contributed by atoms with van der Waals surface area (Å²) in [5.41, 5.74) is 7.46. The van der Waals surface area contributed by atoms with Crippen LogP contribution in [0.1, 0.15) is 5.01 Å². The first kappa shape index (κ1) is 14.0. The molecule has 0 aliphatic carbocycles. The van der Waals surface area contributed by atoms with Crippen molar-refractivity contribution in [1.82, 2.24) is 10.3 Å². The first-order valence-corrected chi connectivity index (χ1v) is 7.21. The Morgan fingerprint density at radius 3 is 2.95 bits per heavy atom. The Kier molecular flexibility index (Phi) is 5.32. The fourth-order valence-electron chi connectivity index (χ4n) is 1.83. The quantitative estimate of drug-likeness (QED) is 0.759. The van der Waals surface area contributed by atoms with Gasteiger partial charge in [0.1, 0.15) is 5.75 Å². The van der Waals surface area contributed by atoms with Crippen LogP contribution >= 0.6 is 11.3 Å². The Bertz CT molecular complexity index is 513. The van der Waals surface area contributed by atoms with Crippen molar-refractivity contribution >= 4 is 11.3 Å². The maximum absolute atomic E-state index is 5.43. The predicted molar refractivity (Wildman–Crippen MR) is 79.7 cm³/mol. The Morgan fingerprint density at radius 1 is 1.32 bits per heavy atom.